The Morgan fingerprint density at radius 3 is 2.57 bits per heavy atom. The second kappa shape index (κ2) is 9.68. The summed E-state index contributed by atoms with van der Waals surface area (Å²) in [4.78, 5) is 17.6. The van der Waals surface area contributed by atoms with Gasteiger partial charge >= 0.3 is 0 Å². The Balaban J connectivity index is 1.89. The number of carbonyl (C=O) groups excluding carboxylic acids is 1. The van der Waals surface area contributed by atoms with Gasteiger partial charge in [-0.25, -0.2) is 8.42 Å². The van der Waals surface area contributed by atoms with Crippen molar-refractivity contribution in [2.24, 2.45) is 4.99 Å². The van der Waals surface area contributed by atoms with Crippen molar-refractivity contribution in [3.63, 3.8) is 0 Å². The predicted octanol–water partition coefficient (Wildman–Crippen LogP) is 4.63. The van der Waals surface area contributed by atoms with Crippen LogP contribution in [0.25, 0.3) is 10.2 Å². The van der Waals surface area contributed by atoms with E-state index in [-0.39, 0.29) is 17.1 Å². The number of aryl methyl sites for hydroxylation is 3. The van der Waals surface area contributed by atoms with Gasteiger partial charge in [-0.05, 0) is 61.6 Å². The van der Waals surface area contributed by atoms with Crippen LogP contribution in [0.3, 0.4) is 0 Å². The first-order valence-corrected chi connectivity index (χ1v) is 13.6. The Morgan fingerprint density at radius 2 is 1.90 bits per heavy atom. The second-order valence-electron chi connectivity index (χ2n) is 6.99. The van der Waals surface area contributed by atoms with Gasteiger partial charge in [0.05, 0.1) is 20.9 Å². The molecule has 0 aliphatic rings. The van der Waals surface area contributed by atoms with E-state index in [1.165, 1.54) is 35.6 Å². The zero-order valence-electron chi connectivity index (χ0n) is 17.0. The molecule has 0 radical (unpaired) electrons. The molecule has 0 atom stereocenters. The fourth-order valence-corrected chi connectivity index (χ4v) is 5.98. The minimum absolute atomic E-state index is 0.155. The first-order chi connectivity index (χ1) is 14.2. The van der Waals surface area contributed by atoms with Crippen LogP contribution in [0.1, 0.15) is 17.5 Å². The minimum Gasteiger partial charge on any atom is -0.315 e. The lowest BCUT2D eigenvalue weighted by molar-refractivity contribution is -0.117. The Hall–Kier alpha value is -1.61. The lowest BCUT2D eigenvalue weighted by atomic mass is 10.1. The summed E-state index contributed by atoms with van der Waals surface area (Å²) in [6.07, 6.45) is 1.87. The number of thiazole rings is 1. The van der Waals surface area contributed by atoms with E-state index in [1.807, 2.05) is 13.2 Å². The standard InChI is InChI=1S/C21H23ClN2O3S3/c1-14-12-15(2)20-18(13-14)24(9-10-28-3)21(29-20)23-19(25)8-11-30(26,27)17-6-4-16(22)5-7-17/h4-7,12-13H,8-11H2,1-3H3. The van der Waals surface area contributed by atoms with Gasteiger partial charge in [-0.1, -0.05) is 29.0 Å². The maximum absolute atomic E-state index is 12.5. The van der Waals surface area contributed by atoms with Crippen molar-refractivity contribution >= 4 is 60.7 Å². The van der Waals surface area contributed by atoms with Gasteiger partial charge in [0, 0.05) is 23.7 Å². The molecule has 0 aliphatic heterocycles. The highest BCUT2D eigenvalue weighted by Crippen LogP contribution is 2.24. The van der Waals surface area contributed by atoms with Gasteiger partial charge in [0.15, 0.2) is 14.6 Å². The van der Waals surface area contributed by atoms with E-state index in [0.717, 1.165) is 33.6 Å². The molecule has 160 valence electrons. The van der Waals surface area contributed by atoms with Crippen molar-refractivity contribution < 1.29 is 13.2 Å². The number of hydrogen-bond donors (Lipinski definition) is 0. The zero-order chi connectivity index (χ0) is 21.9. The predicted molar refractivity (Wildman–Crippen MR) is 126 cm³/mol. The third kappa shape index (κ3) is 5.35. The van der Waals surface area contributed by atoms with Crippen molar-refractivity contribution in [3.05, 3.63) is 57.3 Å². The lowest BCUT2D eigenvalue weighted by Crippen LogP contribution is -2.19. The van der Waals surface area contributed by atoms with E-state index in [9.17, 15) is 13.2 Å². The van der Waals surface area contributed by atoms with Gasteiger partial charge in [0.2, 0.25) is 5.91 Å². The van der Waals surface area contributed by atoms with E-state index in [0.29, 0.717) is 9.82 Å². The summed E-state index contributed by atoms with van der Waals surface area (Å²) in [5.41, 5.74) is 3.36. The third-order valence-electron chi connectivity index (χ3n) is 4.61. The summed E-state index contributed by atoms with van der Waals surface area (Å²) >= 11 is 9.01. The molecule has 0 saturated carbocycles. The number of fused-ring (bicyclic) bond motifs is 1. The van der Waals surface area contributed by atoms with Crippen molar-refractivity contribution in [1.82, 2.24) is 4.57 Å². The fourth-order valence-electron chi connectivity index (χ4n) is 3.14. The number of rotatable bonds is 7. The summed E-state index contributed by atoms with van der Waals surface area (Å²) in [5.74, 6) is 0.169. The molecule has 1 aromatic heterocycles. The highest BCUT2D eigenvalue weighted by Gasteiger charge is 2.17. The van der Waals surface area contributed by atoms with Crippen LogP contribution >= 0.6 is 34.7 Å². The first kappa shape index (κ1) is 23.1. The molecule has 3 aromatic rings. The molecule has 0 bridgehead atoms. The Kier molecular flexibility index (Phi) is 7.44. The molecule has 1 amide bonds. The summed E-state index contributed by atoms with van der Waals surface area (Å²) in [7, 11) is -3.57. The maximum Gasteiger partial charge on any atom is 0.249 e. The molecule has 1 heterocycles. The number of sulfone groups is 1. The third-order valence-corrected chi connectivity index (χ3v) is 8.42. The largest absolute Gasteiger partial charge is 0.315 e. The molecule has 2 aromatic carbocycles. The van der Waals surface area contributed by atoms with E-state index >= 15 is 0 Å². The van der Waals surface area contributed by atoms with Crippen LogP contribution in [0.4, 0.5) is 0 Å². The highest BCUT2D eigenvalue weighted by atomic mass is 35.5. The van der Waals surface area contributed by atoms with Crippen molar-refractivity contribution in [1.29, 1.82) is 0 Å². The molecule has 0 fully saturated rings. The molecule has 0 N–H and O–H groups in total. The number of amides is 1. The van der Waals surface area contributed by atoms with Crippen LogP contribution in [-0.4, -0.2) is 36.7 Å². The summed E-state index contributed by atoms with van der Waals surface area (Å²) in [6.45, 7) is 4.83. The minimum atomic E-state index is -3.57. The normalized spacial score (nSPS) is 12.6. The molecule has 9 heteroatoms. The molecule has 5 nitrogen and oxygen atoms in total. The SMILES string of the molecule is CSCCn1c(=NC(=O)CCS(=O)(=O)c2ccc(Cl)cc2)sc2c(C)cc(C)cc21. The number of nitrogens with zero attached hydrogens (tertiary/aromatic N) is 2. The van der Waals surface area contributed by atoms with Gasteiger partial charge in [0.25, 0.3) is 0 Å². The average Bonchev–Trinajstić information content (AvgIpc) is 3.02. The summed E-state index contributed by atoms with van der Waals surface area (Å²) in [6, 6.07) is 10.2. The van der Waals surface area contributed by atoms with Crippen LogP contribution in [-0.2, 0) is 21.2 Å². The topological polar surface area (TPSA) is 68.5 Å². The number of benzene rings is 2. The monoisotopic (exact) mass is 482 g/mol. The molecule has 30 heavy (non-hydrogen) atoms. The Labute approximate surface area is 189 Å². The van der Waals surface area contributed by atoms with E-state index in [4.69, 9.17) is 11.6 Å². The van der Waals surface area contributed by atoms with Crippen molar-refractivity contribution in [2.75, 3.05) is 17.8 Å². The van der Waals surface area contributed by atoms with Crippen LogP contribution < -0.4 is 4.80 Å². The Morgan fingerprint density at radius 1 is 1.20 bits per heavy atom. The average molecular weight is 483 g/mol. The number of hydrogen-bond acceptors (Lipinski definition) is 5. The number of halogens is 1. The second-order valence-corrected chi connectivity index (χ2v) is 11.5. The van der Waals surface area contributed by atoms with Crippen LogP contribution in [0.5, 0.6) is 0 Å². The van der Waals surface area contributed by atoms with E-state index < -0.39 is 15.7 Å². The van der Waals surface area contributed by atoms with Gasteiger partial charge in [-0.3, -0.25) is 4.79 Å². The molecular weight excluding hydrogens is 460 g/mol. The lowest BCUT2D eigenvalue weighted by Gasteiger charge is -2.06. The summed E-state index contributed by atoms with van der Waals surface area (Å²) in [5, 5.41) is 0.463. The quantitative estimate of drug-likeness (QED) is 0.492. The fraction of sp³-hybridized carbons (Fsp3) is 0.333. The number of carbonyl (C=O) groups is 1. The molecule has 0 spiro atoms. The molecule has 0 saturated heterocycles. The number of thioether (sulfide) groups is 1. The smallest absolute Gasteiger partial charge is 0.249 e. The zero-order valence-corrected chi connectivity index (χ0v) is 20.2. The van der Waals surface area contributed by atoms with Gasteiger partial charge < -0.3 is 4.57 Å². The van der Waals surface area contributed by atoms with Gasteiger partial charge in [-0.15, -0.1) is 0 Å². The van der Waals surface area contributed by atoms with Gasteiger partial charge in [-0.2, -0.15) is 16.8 Å². The van der Waals surface area contributed by atoms with Crippen molar-refractivity contribution in [2.45, 2.75) is 31.7 Å². The molecule has 3 rings (SSSR count). The van der Waals surface area contributed by atoms with Crippen LogP contribution in [0.15, 0.2) is 46.3 Å². The van der Waals surface area contributed by atoms with E-state index in [1.54, 1.807) is 11.8 Å². The molecule has 0 unspecified atom stereocenters. The van der Waals surface area contributed by atoms with E-state index in [2.05, 4.69) is 28.6 Å². The molecular formula is C21H23ClN2O3S3. The van der Waals surface area contributed by atoms with Crippen molar-refractivity contribution in [3.8, 4) is 0 Å². The van der Waals surface area contributed by atoms with Crippen LogP contribution in [0, 0.1) is 13.8 Å². The Bertz CT molecular complexity index is 1240. The van der Waals surface area contributed by atoms with Gasteiger partial charge in [0.1, 0.15) is 0 Å². The van der Waals surface area contributed by atoms with Crippen LogP contribution in [0.2, 0.25) is 5.02 Å². The maximum atomic E-state index is 12.5. The number of aromatic nitrogens is 1. The highest BCUT2D eigenvalue weighted by molar-refractivity contribution is 7.98. The summed E-state index contributed by atoms with van der Waals surface area (Å²) < 4.78 is 28.1. The first-order valence-electron chi connectivity index (χ1n) is 9.36. The molecule has 0 aliphatic carbocycles.